The van der Waals surface area contributed by atoms with Crippen molar-refractivity contribution >= 4 is 45.1 Å². The number of carbonyl (C=O) groups excluding carboxylic acids is 3. The molecule has 3 N–H and O–H groups in total. The van der Waals surface area contributed by atoms with E-state index in [2.05, 4.69) is 25.0 Å². The highest BCUT2D eigenvalue weighted by atomic mass is 32.2. The number of carbonyl (C=O) groups is 3. The molecule has 1 saturated heterocycles. The summed E-state index contributed by atoms with van der Waals surface area (Å²) in [7, 11) is -2.98. The lowest BCUT2D eigenvalue weighted by molar-refractivity contribution is -0.162. The third kappa shape index (κ3) is 3.58. The first kappa shape index (κ1) is 19.5. The van der Waals surface area contributed by atoms with Crippen LogP contribution in [-0.2, 0) is 34.3 Å². The molecule has 2 rings (SSSR count). The molecule has 2 amide bonds. The van der Waals surface area contributed by atoms with Crippen molar-refractivity contribution in [3.63, 3.8) is 0 Å². The number of ether oxygens (including phenoxy) is 1. The second kappa shape index (κ2) is 7.22. The average molecular weight is 408 g/mol. The summed E-state index contributed by atoms with van der Waals surface area (Å²) < 4.78 is 35.7. The van der Waals surface area contributed by atoms with E-state index in [-0.39, 0.29) is 10.00 Å². The topological polar surface area (TPSA) is 185 Å². The molecule has 0 aliphatic carbocycles. The van der Waals surface area contributed by atoms with Gasteiger partial charge >= 0.3 is 21.1 Å². The van der Waals surface area contributed by atoms with Gasteiger partial charge in [-0.05, 0) is 0 Å². The van der Waals surface area contributed by atoms with E-state index in [1.54, 1.807) is 0 Å². The molecule has 0 bridgehead atoms. The van der Waals surface area contributed by atoms with Gasteiger partial charge in [0.1, 0.15) is 13.2 Å². The molecule has 0 spiro atoms. The number of hydrogen-bond acceptors (Lipinski definition) is 10. The zero-order valence-corrected chi connectivity index (χ0v) is 14.8. The summed E-state index contributed by atoms with van der Waals surface area (Å²) in [6.45, 7) is 0. The second-order valence-corrected chi connectivity index (χ2v) is 6.85. The number of thiazole rings is 1. The number of amides is 2. The smallest absolute Gasteiger partial charge is 0.363 e. The number of rotatable bonds is 6. The highest BCUT2D eigenvalue weighted by molar-refractivity contribution is 7.84. The quantitative estimate of drug-likeness (QED) is 0.150. The maximum Gasteiger partial charge on any atom is 0.363 e. The molecule has 0 unspecified atom stereocenters. The Bertz CT molecular complexity index is 931. The molecule has 26 heavy (non-hydrogen) atoms. The minimum atomic E-state index is -5.04. The van der Waals surface area contributed by atoms with Gasteiger partial charge < -0.3 is 19.9 Å². The van der Waals surface area contributed by atoms with Gasteiger partial charge in [0.25, 0.3) is 11.8 Å². The molecule has 2 heterocycles. The summed E-state index contributed by atoms with van der Waals surface area (Å²) in [5.41, 5.74) is -0.444. The van der Waals surface area contributed by atoms with E-state index in [0.29, 0.717) is 0 Å². The number of esters is 1. The fraction of sp³-hybridized carbons (Fsp3) is 0.364. The van der Waals surface area contributed by atoms with Crippen LogP contribution in [0.4, 0.5) is 0 Å². The van der Waals surface area contributed by atoms with Gasteiger partial charge in [-0.2, -0.15) is 12.7 Å². The van der Waals surface area contributed by atoms with Crippen molar-refractivity contribution in [2.45, 2.75) is 12.1 Å². The molecule has 1 aromatic heterocycles. The predicted molar refractivity (Wildman–Crippen MR) is 84.6 cm³/mol. The molecule has 0 aromatic carbocycles. The van der Waals surface area contributed by atoms with E-state index in [4.69, 9.17) is 4.55 Å². The summed E-state index contributed by atoms with van der Waals surface area (Å²) in [6, 6.07) is -3.43. The van der Waals surface area contributed by atoms with Crippen LogP contribution >= 0.6 is 11.3 Å². The lowest BCUT2D eigenvalue weighted by Crippen LogP contribution is -2.74. The molecular formula is C11H12N4O9S2. The molecule has 1 fully saturated rings. The summed E-state index contributed by atoms with van der Waals surface area (Å²) in [4.78, 5) is 53.5. The number of methoxy groups -OCH3 is 1. The van der Waals surface area contributed by atoms with Crippen molar-refractivity contribution in [2.24, 2.45) is 5.16 Å². The number of nitrogens with zero attached hydrogens (tertiary/aromatic N) is 2. The third-order valence-corrected chi connectivity index (χ3v) is 4.78. The second-order valence-electron chi connectivity index (χ2n) is 4.72. The van der Waals surface area contributed by atoms with Crippen LogP contribution in [0.1, 0.15) is 5.69 Å². The largest absolute Gasteiger partial charge is 0.467 e. The van der Waals surface area contributed by atoms with E-state index in [1.807, 2.05) is 0 Å². The fourth-order valence-corrected chi connectivity index (χ4v) is 3.52. The van der Waals surface area contributed by atoms with Crippen LogP contribution in [0.3, 0.4) is 0 Å². The fourth-order valence-electron chi connectivity index (χ4n) is 2.12. The van der Waals surface area contributed by atoms with Crippen LogP contribution in [0.2, 0.25) is 0 Å². The van der Waals surface area contributed by atoms with Crippen LogP contribution in [0.5, 0.6) is 0 Å². The number of oxime groups is 1. The van der Waals surface area contributed by atoms with Gasteiger partial charge in [0.15, 0.2) is 11.8 Å². The van der Waals surface area contributed by atoms with E-state index in [9.17, 15) is 27.6 Å². The number of hydrogen-bond donors (Lipinski definition) is 3. The van der Waals surface area contributed by atoms with Crippen molar-refractivity contribution in [1.82, 2.24) is 14.6 Å². The van der Waals surface area contributed by atoms with Gasteiger partial charge in [-0.25, -0.2) is 4.79 Å². The van der Waals surface area contributed by atoms with Crippen LogP contribution in [0.25, 0.3) is 0 Å². The summed E-state index contributed by atoms with van der Waals surface area (Å²) in [5, 5.41) is 6.79. The van der Waals surface area contributed by atoms with Crippen LogP contribution in [-0.4, -0.2) is 72.1 Å². The van der Waals surface area contributed by atoms with Gasteiger partial charge in [0.05, 0.1) is 12.8 Å². The highest BCUT2D eigenvalue weighted by Gasteiger charge is 2.58. The number of nitrogens with one attached hydrogen (secondary N) is 2. The summed E-state index contributed by atoms with van der Waals surface area (Å²) in [6.07, 6.45) is 0. The lowest BCUT2D eigenvalue weighted by atomic mass is 9.98. The zero-order valence-electron chi connectivity index (χ0n) is 13.2. The molecule has 0 radical (unpaired) electrons. The number of β-lactam (4-membered cyclic amide) rings is 1. The van der Waals surface area contributed by atoms with Gasteiger partial charge in [-0.1, -0.05) is 16.5 Å². The van der Waals surface area contributed by atoms with Crippen molar-refractivity contribution in [3.05, 3.63) is 20.7 Å². The summed E-state index contributed by atoms with van der Waals surface area (Å²) in [5.74, 6) is -3.48. The Balaban J connectivity index is 2.29. The molecule has 1 aliphatic heterocycles. The van der Waals surface area contributed by atoms with E-state index < -0.39 is 50.8 Å². The van der Waals surface area contributed by atoms with Crippen LogP contribution < -0.4 is 10.2 Å². The van der Waals surface area contributed by atoms with Crippen LogP contribution in [0, 0.1) is 0 Å². The Hall–Kier alpha value is -2.78. The average Bonchev–Trinajstić information content (AvgIpc) is 2.98. The molecule has 13 nitrogen and oxygen atoms in total. The van der Waals surface area contributed by atoms with Crippen molar-refractivity contribution in [2.75, 3.05) is 14.2 Å². The Morgan fingerprint density at radius 1 is 1.38 bits per heavy atom. The van der Waals surface area contributed by atoms with Gasteiger partial charge in [0, 0.05) is 5.38 Å². The minimum absolute atomic E-state index is 0.0209. The molecule has 1 aliphatic rings. The van der Waals surface area contributed by atoms with Crippen molar-refractivity contribution in [1.29, 1.82) is 0 Å². The molecule has 2 atom stereocenters. The monoisotopic (exact) mass is 408 g/mol. The number of aromatic amines is 1. The van der Waals surface area contributed by atoms with E-state index in [1.165, 1.54) is 5.38 Å². The number of H-pyrrole nitrogens is 1. The molecule has 0 saturated carbocycles. The first-order chi connectivity index (χ1) is 12.1. The maximum absolute atomic E-state index is 12.3. The van der Waals surface area contributed by atoms with Crippen LogP contribution in [0.15, 0.2) is 15.3 Å². The molecule has 15 heteroatoms. The third-order valence-electron chi connectivity index (χ3n) is 3.20. The Kier molecular flexibility index (Phi) is 5.43. The normalized spacial score (nSPS) is 20.3. The standard InChI is InChI=1S/C11H12N4O9S2/c1-23-10(18)7-6(9(17)15(7)26(20,21)22)13-8(16)5(14-24-2)4-3-25-11(19)12-4/h3,6-7H,1-2H3,(H,12,19)(H,13,16)(H,20,21,22)/b14-5-/t6-,7-/m1/s1. The van der Waals surface area contributed by atoms with Gasteiger partial charge in [0.2, 0.25) is 0 Å². The SMILES string of the molecule is CO/N=C(\C(=O)N[C@H]1C(=O)N(S(=O)(=O)O)[C@H]1C(=O)OC)c1csc(=O)[nH]1. The maximum atomic E-state index is 12.3. The number of aromatic nitrogens is 1. The minimum Gasteiger partial charge on any atom is -0.467 e. The Labute approximate surface area is 149 Å². The Morgan fingerprint density at radius 2 is 2.04 bits per heavy atom. The first-order valence-corrected chi connectivity index (χ1v) is 8.88. The van der Waals surface area contributed by atoms with Gasteiger partial charge in [-0.15, -0.1) is 0 Å². The molecular weight excluding hydrogens is 396 g/mol. The molecule has 142 valence electrons. The zero-order chi connectivity index (χ0) is 19.6. The molecule has 1 aromatic rings. The van der Waals surface area contributed by atoms with Gasteiger partial charge in [-0.3, -0.25) is 18.9 Å². The van der Waals surface area contributed by atoms with E-state index in [0.717, 1.165) is 25.6 Å². The summed E-state index contributed by atoms with van der Waals surface area (Å²) >= 11 is 0.739. The van der Waals surface area contributed by atoms with Crippen molar-refractivity contribution in [3.8, 4) is 0 Å². The predicted octanol–water partition coefficient (Wildman–Crippen LogP) is -2.54. The first-order valence-electron chi connectivity index (χ1n) is 6.60. The lowest BCUT2D eigenvalue weighted by Gasteiger charge is -2.41. The Morgan fingerprint density at radius 3 is 2.50 bits per heavy atom. The van der Waals surface area contributed by atoms with Crippen molar-refractivity contribution < 1.29 is 36.9 Å². The van der Waals surface area contributed by atoms with E-state index >= 15 is 0 Å². The highest BCUT2D eigenvalue weighted by Crippen LogP contribution is 2.24.